The fourth-order valence-electron chi connectivity index (χ4n) is 3.15. The van der Waals surface area contributed by atoms with Gasteiger partial charge in [0.2, 0.25) is 5.91 Å². The average Bonchev–Trinajstić information content (AvgIpc) is 3.33. The molecule has 3 heterocycles. The second-order valence-corrected chi connectivity index (χ2v) is 7.85. The van der Waals surface area contributed by atoms with Crippen LogP contribution in [0.15, 0.2) is 53.2 Å². The van der Waals surface area contributed by atoms with Crippen LogP contribution in [0.1, 0.15) is 17.5 Å². The van der Waals surface area contributed by atoms with Gasteiger partial charge in [0, 0.05) is 49.3 Å². The van der Waals surface area contributed by atoms with E-state index in [9.17, 15) is 9.59 Å². The number of aromatic nitrogens is 4. The molecule has 0 spiro atoms. The minimum Gasteiger partial charge on any atom is -0.352 e. The summed E-state index contributed by atoms with van der Waals surface area (Å²) in [6.07, 6.45) is 5.30. The number of benzene rings is 1. The van der Waals surface area contributed by atoms with Gasteiger partial charge in [-0.1, -0.05) is 29.8 Å². The van der Waals surface area contributed by atoms with Crippen LogP contribution in [0, 0.1) is 6.92 Å². The number of hydrogen-bond acceptors (Lipinski definition) is 5. The number of hydrogen-bond donors (Lipinski definition) is 1. The van der Waals surface area contributed by atoms with Crippen molar-refractivity contribution < 1.29 is 4.79 Å². The first kappa shape index (κ1) is 19.1. The van der Waals surface area contributed by atoms with Crippen LogP contribution < -0.4 is 10.9 Å². The van der Waals surface area contributed by atoms with E-state index in [4.69, 9.17) is 0 Å². The lowest BCUT2D eigenvalue weighted by molar-refractivity contribution is -0.121. The third kappa shape index (κ3) is 4.12. The summed E-state index contributed by atoms with van der Waals surface area (Å²) in [4.78, 5) is 30.3. The first-order valence-electron chi connectivity index (χ1n) is 9.29. The van der Waals surface area contributed by atoms with Crippen molar-refractivity contribution in [2.75, 3.05) is 0 Å². The molecule has 4 rings (SSSR count). The van der Waals surface area contributed by atoms with Crippen LogP contribution in [0.4, 0.5) is 0 Å². The molecule has 0 saturated heterocycles. The summed E-state index contributed by atoms with van der Waals surface area (Å²) in [6, 6.07) is 8.08. The molecule has 3 aromatic heterocycles. The van der Waals surface area contributed by atoms with Crippen LogP contribution in [-0.4, -0.2) is 25.2 Å². The van der Waals surface area contributed by atoms with E-state index in [0.29, 0.717) is 16.8 Å². The largest absolute Gasteiger partial charge is 0.352 e. The van der Waals surface area contributed by atoms with Gasteiger partial charge in [-0.3, -0.25) is 18.8 Å². The van der Waals surface area contributed by atoms with Crippen molar-refractivity contribution in [1.29, 1.82) is 0 Å². The van der Waals surface area contributed by atoms with Gasteiger partial charge < -0.3 is 5.32 Å². The lowest BCUT2D eigenvalue weighted by atomic mass is 10.1. The Balaban J connectivity index is 1.50. The number of thiophene rings is 1. The third-order valence-corrected chi connectivity index (χ3v) is 5.64. The van der Waals surface area contributed by atoms with Gasteiger partial charge in [0.1, 0.15) is 4.83 Å². The Hall–Kier alpha value is -3.26. The van der Waals surface area contributed by atoms with Crippen LogP contribution in [-0.2, 0) is 24.9 Å². The Morgan fingerprint density at radius 2 is 2.03 bits per heavy atom. The summed E-state index contributed by atoms with van der Waals surface area (Å²) in [7, 11) is 1.83. The fourth-order valence-corrected chi connectivity index (χ4v) is 4.05. The number of amides is 1. The van der Waals surface area contributed by atoms with Gasteiger partial charge in [-0.2, -0.15) is 5.10 Å². The van der Waals surface area contributed by atoms with Crippen LogP contribution in [0.5, 0.6) is 0 Å². The molecule has 7 nitrogen and oxygen atoms in total. The molecule has 29 heavy (non-hydrogen) atoms. The molecule has 0 fully saturated rings. The molecule has 0 bridgehead atoms. The van der Waals surface area contributed by atoms with Gasteiger partial charge in [-0.15, -0.1) is 11.3 Å². The molecule has 0 radical (unpaired) electrons. The van der Waals surface area contributed by atoms with Crippen molar-refractivity contribution in [2.24, 2.45) is 7.05 Å². The molecule has 1 amide bonds. The highest BCUT2D eigenvalue weighted by atomic mass is 32.1. The SMILES string of the molecule is Cc1ccc(-c2csc3ncn(CCC(=O)NCc4cnn(C)c4)c(=O)c23)cc1. The maximum atomic E-state index is 13.0. The van der Waals surface area contributed by atoms with E-state index in [-0.39, 0.29) is 24.4 Å². The second kappa shape index (κ2) is 8.00. The molecule has 0 unspecified atom stereocenters. The molecule has 0 aliphatic heterocycles. The van der Waals surface area contributed by atoms with Crippen molar-refractivity contribution in [3.63, 3.8) is 0 Å². The number of nitrogens with one attached hydrogen (secondary N) is 1. The molecule has 8 heteroatoms. The van der Waals surface area contributed by atoms with Gasteiger partial charge in [0.25, 0.3) is 5.56 Å². The lowest BCUT2D eigenvalue weighted by Gasteiger charge is -2.07. The van der Waals surface area contributed by atoms with Crippen LogP contribution in [0.25, 0.3) is 21.3 Å². The quantitative estimate of drug-likeness (QED) is 0.533. The summed E-state index contributed by atoms with van der Waals surface area (Å²) in [5, 5.41) is 9.50. The zero-order valence-electron chi connectivity index (χ0n) is 16.3. The molecule has 1 aromatic carbocycles. The van der Waals surface area contributed by atoms with Crippen LogP contribution in [0.3, 0.4) is 0 Å². The summed E-state index contributed by atoms with van der Waals surface area (Å²) >= 11 is 1.46. The Kier molecular flexibility index (Phi) is 5.26. The smallest absolute Gasteiger partial charge is 0.262 e. The standard InChI is InChI=1S/C21H21N5O2S/c1-14-3-5-16(6-4-14)17-12-29-20-19(17)21(28)26(13-23-20)8-7-18(27)22-9-15-10-24-25(2)11-15/h3-6,10-13H,7-9H2,1-2H3,(H,22,27). The van der Waals surface area contributed by atoms with E-state index in [1.165, 1.54) is 27.8 Å². The first-order valence-corrected chi connectivity index (χ1v) is 10.2. The fraction of sp³-hybridized carbons (Fsp3) is 0.238. The van der Waals surface area contributed by atoms with Gasteiger partial charge in [0.15, 0.2) is 0 Å². The predicted molar refractivity (Wildman–Crippen MR) is 114 cm³/mol. The molecule has 148 valence electrons. The molecule has 4 aromatic rings. The molecule has 0 atom stereocenters. The maximum absolute atomic E-state index is 13.0. The van der Waals surface area contributed by atoms with Gasteiger partial charge in [-0.25, -0.2) is 4.98 Å². The Morgan fingerprint density at radius 3 is 2.76 bits per heavy atom. The monoisotopic (exact) mass is 407 g/mol. The van der Waals surface area contributed by atoms with Gasteiger partial charge in [-0.05, 0) is 12.5 Å². The van der Waals surface area contributed by atoms with Gasteiger partial charge in [0.05, 0.1) is 17.9 Å². The van der Waals surface area contributed by atoms with Crippen molar-refractivity contribution in [3.8, 4) is 11.1 Å². The maximum Gasteiger partial charge on any atom is 0.262 e. The first-order chi connectivity index (χ1) is 14.0. The topological polar surface area (TPSA) is 81.8 Å². The summed E-state index contributed by atoms with van der Waals surface area (Å²) in [5.41, 5.74) is 3.86. The molecule has 0 aliphatic rings. The highest BCUT2D eigenvalue weighted by molar-refractivity contribution is 7.17. The van der Waals surface area contributed by atoms with E-state index in [1.807, 2.05) is 49.8 Å². The van der Waals surface area contributed by atoms with E-state index in [1.54, 1.807) is 10.9 Å². The van der Waals surface area contributed by atoms with E-state index < -0.39 is 0 Å². The average molecular weight is 407 g/mol. The number of aryl methyl sites for hydroxylation is 3. The minimum absolute atomic E-state index is 0.119. The van der Waals surface area contributed by atoms with E-state index in [2.05, 4.69) is 15.4 Å². The summed E-state index contributed by atoms with van der Waals surface area (Å²) < 4.78 is 3.20. The Bertz CT molecular complexity index is 1220. The molecular formula is C21H21N5O2S. The minimum atomic E-state index is -0.120. The number of carbonyl (C=O) groups excluding carboxylic acids is 1. The Labute approximate surface area is 171 Å². The van der Waals surface area contributed by atoms with Crippen LogP contribution >= 0.6 is 11.3 Å². The van der Waals surface area contributed by atoms with Gasteiger partial charge >= 0.3 is 0 Å². The zero-order valence-corrected chi connectivity index (χ0v) is 17.1. The molecule has 1 N–H and O–H groups in total. The highest BCUT2D eigenvalue weighted by Gasteiger charge is 2.14. The normalized spacial score (nSPS) is 11.1. The molecule has 0 aliphatic carbocycles. The third-order valence-electron chi connectivity index (χ3n) is 4.75. The van der Waals surface area contributed by atoms with Crippen molar-refractivity contribution in [2.45, 2.75) is 26.4 Å². The molecular weight excluding hydrogens is 386 g/mol. The Morgan fingerprint density at radius 1 is 1.24 bits per heavy atom. The van der Waals surface area contributed by atoms with Crippen LogP contribution in [0.2, 0.25) is 0 Å². The van der Waals surface area contributed by atoms with Crippen molar-refractivity contribution in [3.05, 3.63) is 69.8 Å². The second-order valence-electron chi connectivity index (χ2n) is 6.99. The van der Waals surface area contributed by atoms with E-state index >= 15 is 0 Å². The molecule has 0 saturated carbocycles. The zero-order chi connectivity index (χ0) is 20.4. The number of rotatable bonds is 6. The number of carbonyl (C=O) groups is 1. The number of nitrogens with zero attached hydrogens (tertiary/aromatic N) is 4. The lowest BCUT2D eigenvalue weighted by Crippen LogP contribution is -2.27. The van der Waals surface area contributed by atoms with Crippen molar-refractivity contribution >= 4 is 27.5 Å². The predicted octanol–water partition coefficient (Wildman–Crippen LogP) is 2.87. The van der Waals surface area contributed by atoms with E-state index in [0.717, 1.165) is 16.7 Å². The number of fused-ring (bicyclic) bond motifs is 1. The highest BCUT2D eigenvalue weighted by Crippen LogP contribution is 2.30. The van der Waals surface area contributed by atoms with Crippen molar-refractivity contribution in [1.82, 2.24) is 24.6 Å². The summed E-state index contributed by atoms with van der Waals surface area (Å²) in [6.45, 7) is 2.73. The summed E-state index contributed by atoms with van der Waals surface area (Å²) in [5.74, 6) is -0.120.